The zero-order valence-electron chi connectivity index (χ0n) is 24.3. The Morgan fingerprint density at radius 3 is 2.37 bits per heavy atom. The van der Waals surface area contributed by atoms with Gasteiger partial charge in [0.25, 0.3) is 0 Å². The van der Waals surface area contributed by atoms with Crippen LogP contribution in [0.25, 0.3) is 0 Å². The van der Waals surface area contributed by atoms with Gasteiger partial charge in [0.05, 0.1) is 25.0 Å². The van der Waals surface area contributed by atoms with Gasteiger partial charge in [-0.05, 0) is 63.3 Å². The van der Waals surface area contributed by atoms with Gasteiger partial charge in [0, 0.05) is 12.6 Å². The van der Waals surface area contributed by atoms with Crippen LogP contribution in [0.5, 0.6) is 11.5 Å². The van der Waals surface area contributed by atoms with Gasteiger partial charge < -0.3 is 19.5 Å². The number of alkyl halides is 3. The van der Waals surface area contributed by atoms with E-state index in [4.69, 9.17) is 9.47 Å². The molecule has 9 nitrogen and oxygen atoms in total. The third-order valence-corrected chi connectivity index (χ3v) is 7.01. The van der Waals surface area contributed by atoms with Crippen molar-refractivity contribution in [2.24, 2.45) is 5.41 Å². The first-order valence-electron chi connectivity index (χ1n) is 14.0. The van der Waals surface area contributed by atoms with Crippen LogP contribution in [0.2, 0.25) is 0 Å². The summed E-state index contributed by atoms with van der Waals surface area (Å²) in [7, 11) is 0. The number of aromatic nitrogens is 2. The van der Waals surface area contributed by atoms with Crippen LogP contribution in [0, 0.1) is 5.41 Å². The van der Waals surface area contributed by atoms with Crippen molar-refractivity contribution in [2.75, 3.05) is 29.9 Å². The largest absolute Gasteiger partial charge is 0.490 e. The van der Waals surface area contributed by atoms with E-state index in [0.717, 1.165) is 11.6 Å². The van der Waals surface area contributed by atoms with E-state index < -0.39 is 35.1 Å². The number of carbonyl (C=O) groups excluding carboxylic acids is 1. The highest BCUT2D eigenvalue weighted by Crippen LogP contribution is 2.33. The summed E-state index contributed by atoms with van der Waals surface area (Å²) < 4.78 is 53.2. The minimum atomic E-state index is -4.75. The molecule has 1 fully saturated rings. The number of ether oxygens (including phenoxy) is 2. The highest BCUT2D eigenvalue weighted by atomic mass is 19.4. The predicted octanol–water partition coefficient (Wildman–Crippen LogP) is 5.78. The fourth-order valence-electron chi connectivity index (χ4n) is 4.76. The number of carboxylic acid groups (broad SMARTS) is 1. The number of nitrogens with zero attached hydrogens (tertiary/aromatic N) is 3. The number of halogens is 3. The maximum atomic E-state index is 13.8. The third kappa shape index (κ3) is 8.59. The lowest BCUT2D eigenvalue weighted by atomic mass is 9.86. The number of hydrogen-bond donors (Lipinski definition) is 2. The summed E-state index contributed by atoms with van der Waals surface area (Å²) in [6, 6.07) is 14.9. The van der Waals surface area contributed by atoms with Crippen molar-refractivity contribution in [3.63, 3.8) is 0 Å². The van der Waals surface area contributed by atoms with Crippen LogP contribution < -0.4 is 19.7 Å². The van der Waals surface area contributed by atoms with Gasteiger partial charge in [0.2, 0.25) is 11.9 Å². The second-order valence-electron chi connectivity index (χ2n) is 11.0. The molecule has 1 atom stereocenters. The van der Waals surface area contributed by atoms with Crippen molar-refractivity contribution in [1.82, 2.24) is 9.97 Å². The molecule has 0 bridgehead atoms. The summed E-state index contributed by atoms with van der Waals surface area (Å²) in [4.78, 5) is 33.7. The first-order valence-corrected chi connectivity index (χ1v) is 14.0. The molecule has 1 saturated heterocycles. The number of amides is 1. The lowest BCUT2D eigenvalue weighted by Crippen LogP contribution is -2.42. The Bertz CT molecular complexity index is 1430. The summed E-state index contributed by atoms with van der Waals surface area (Å²) in [6.45, 7) is 6.32. The van der Waals surface area contributed by atoms with E-state index in [1.165, 1.54) is 0 Å². The highest BCUT2D eigenvalue weighted by Gasteiger charge is 2.35. The molecule has 1 aliphatic rings. The zero-order chi connectivity index (χ0) is 31.2. The quantitative estimate of drug-likeness (QED) is 0.285. The fraction of sp³-hybridized carbons (Fsp3) is 0.419. The number of aliphatic carboxylic acids is 1. The Morgan fingerprint density at radius 2 is 1.72 bits per heavy atom. The Labute approximate surface area is 248 Å². The number of anilines is 2. The van der Waals surface area contributed by atoms with Crippen LogP contribution >= 0.6 is 0 Å². The van der Waals surface area contributed by atoms with Gasteiger partial charge in [-0.25, -0.2) is 4.98 Å². The van der Waals surface area contributed by atoms with E-state index in [9.17, 15) is 27.9 Å². The Hall–Kier alpha value is -4.35. The van der Waals surface area contributed by atoms with Gasteiger partial charge in [-0.1, -0.05) is 36.4 Å². The minimum Gasteiger partial charge on any atom is -0.490 e. The molecule has 2 aromatic carbocycles. The minimum absolute atomic E-state index is 0.0365. The molecule has 12 heteroatoms. The molecule has 1 aromatic heterocycles. The number of rotatable bonds is 11. The number of nitrogens with one attached hydrogen (secondary N) is 1. The molecule has 0 aliphatic carbocycles. The standard InChI is InChI=1S/C31H35F3N4O5/c1-4-42-23-9-5-6-10-24(23)43-22-8-7-15-38(19-22)26-17-25(31(32,33)34)35-29(36-26)37-27(39)16-20-11-13-21(14-12-20)18-30(2,3)28(40)41/h5-6,9-14,17,22H,4,7-8,15-16,18-19H2,1-3H3,(H,40,41)(H,35,36,37,39)/t22-/m1/s1. The van der Waals surface area contributed by atoms with E-state index >= 15 is 0 Å². The molecule has 0 unspecified atom stereocenters. The maximum absolute atomic E-state index is 13.8. The van der Waals surface area contributed by atoms with Gasteiger partial charge in [-0.2, -0.15) is 18.2 Å². The zero-order valence-corrected chi connectivity index (χ0v) is 24.3. The summed E-state index contributed by atoms with van der Waals surface area (Å²) >= 11 is 0. The number of carbonyl (C=O) groups is 2. The Morgan fingerprint density at radius 1 is 1.05 bits per heavy atom. The summed E-state index contributed by atoms with van der Waals surface area (Å²) in [5.41, 5.74) is -0.730. The summed E-state index contributed by atoms with van der Waals surface area (Å²) in [5.74, 6) is -0.769. The maximum Gasteiger partial charge on any atom is 0.433 e. The molecule has 0 radical (unpaired) electrons. The first kappa shape index (κ1) is 31.6. The molecular formula is C31H35F3N4O5. The number of piperidine rings is 1. The topological polar surface area (TPSA) is 114 Å². The van der Waals surface area contributed by atoms with Crippen LogP contribution in [0.3, 0.4) is 0 Å². The molecule has 2 heterocycles. The third-order valence-electron chi connectivity index (χ3n) is 7.01. The molecule has 43 heavy (non-hydrogen) atoms. The molecule has 3 aromatic rings. The lowest BCUT2D eigenvalue weighted by molar-refractivity contribution is -0.146. The smallest absolute Gasteiger partial charge is 0.433 e. The molecule has 2 N–H and O–H groups in total. The van der Waals surface area contributed by atoms with Crippen molar-refractivity contribution in [2.45, 2.75) is 58.7 Å². The molecule has 230 valence electrons. The van der Waals surface area contributed by atoms with Crippen molar-refractivity contribution >= 4 is 23.6 Å². The van der Waals surface area contributed by atoms with Crippen LogP contribution in [-0.4, -0.2) is 52.8 Å². The van der Waals surface area contributed by atoms with Gasteiger partial charge >= 0.3 is 12.1 Å². The second-order valence-corrected chi connectivity index (χ2v) is 11.0. The van der Waals surface area contributed by atoms with Crippen molar-refractivity contribution in [1.29, 1.82) is 0 Å². The van der Waals surface area contributed by atoms with Gasteiger partial charge in [0.1, 0.15) is 11.9 Å². The Kier molecular flexibility index (Phi) is 9.77. The van der Waals surface area contributed by atoms with Crippen molar-refractivity contribution < 1.29 is 37.3 Å². The van der Waals surface area contributed by atoms with Crippen LogP contribution in [0.1, 0.15) is 50.4 Å². The average molecular weight is 601 g/mol. The molecule has 1 amide bonds. The van der Waals surface area contributed by atoms with Gasteiger partial charge in [-0.3, -0.25) is 14.9 Å². The van der Waals surface area contributed by atoms with Crippen LogP contribution in [0.4, 0.5) is 24.9 Å². The monoisotopic (exact) mass is 600 g/mol. The number of para-hydroxylation sites is 2. The first-order chi connectivity index (χ1) is 20.3. The van der Waals surface area contributed by atoms with E-state index in [1.54, 1.807) is 55.1 Å². The van der Waals surface area contributed by atoms with E-state index in [0.29, 0.717) is 49.5 Å². The predicted molar refractivity (Wildman–Crippen MR) is 154 cm³/mol. The molecule has 1 aliphatic heterocycles. The van der Waals surface area contributed by atoms with Crippen LogP contribution in [-0.2, 0) is 28.6 Å². The van der Waals surface area contributed by atoms with Gasteiger partial charge in [-0.15, -0.1) is 0 Å². The SMILES string of the molecule is CCOc1ccccc1O[C@@H]1CCCN(c2cc(C(F)(F)F)nc(NC(=O)Cc3ccc(CC(C)(C)C(=O)O)cc3)n2)C1. The highest BCUT2D eigenvalue weighted by molar-refractivity contribution is 5.90. The summed E-state index contributed by atoms with van der Waals surface area (Å²) in [6.07, 6.45) is -3.54. The van der Waals surface area contributed by atoms with E-state index in [2.05, 4.69) is 15.3 Å². The normalized spacial score (nSPS) is 15.6. The summed E-state index contributed by atoms with van der Waals surface area (Å²) in [5, 5.41) is 11.8. The lowest BCUT2D eigenvalue weighted by Gasteiger charge is -2.34. The second kappa shape index (κ2) is 13.3. The van der Waals surface area contributed by atoms with Gasteiger partial charge in [0.15, 0.2) is 17.2 Å². The number of carboxylic acids is 1. The fourth-order valence-corrected chi connectivity index (χ4v) is 4.76. The number of hydrogen-bond acceptors (Lipinski definition) is 7. The van der Waals surface area contributed by atoms with E-state index in [1.807, 2.05) is 19.1 Å². The van der Waals surface area contributed by atoms with Crippen molar-refractivity contribution in [3.8, 4) is 11.5 Å². The molecule has 0 saturated carbocycles. The van der Waals surface area contributed by atoms with Crippen LogP contribution in [0.15, 0.2) is 54.6 Å². The molecule has 4 rings (SSSR count). The van der Waals surface area contributed by atoms with E-state index in [-0.39, 0.29) is 24.9 Å². The van der Waals surface area contributed by atoms with Crippen molar-refractivity contribution in [3.05, 3.63) is 71.4 Å². The Balaban J connectivity index is 1.47. The molecular weight excluding hydrogens is 565 g/mol. The average Bonchev–Trinajstić information content (AvgIpc) is 2.94. The number of benzene rings is 2. The molecule has 0 spiro atoms.